The molecular weight excluding hydrogens is 837 g/mol. The van der Waals surface area contributed by atoms with Gasteiger partial charge in [0.05, 0.1) is 34.4 Å². The molecular formula is C50H39BF2N2O10. The lowest BCUT2D eigenvalue weighted by Crippen LogP contribution is -2.63. The van der Waals surface area contributed by atoms with Gasteiger partial charge in [-0.3, -0.25) is 0 Å². The maximum atomic E-state index is 15.8. The van der Waals surface area contributed by atoms with Crippen molar-refractivity contribution in [1.82, 2.24) is 4.48 Å². The van der Waals surface area contributed by atoms with Gasteiger partial charge in [0.25, 0.3) is 0 Å². The molecule has 4 heterocycles. The highest BCUT2D eigenvalue weighted by atomic mass is 19.2. The predicted octanol–water partition coefficient (Wildman–Crippen LogP) is 7.91. The third-order valence-corrected chi connectivity index (χ3v) is 11.2. The van der Waals surface area contributed by atoms with Crippen LogP contribution in [0.3, 0.4) is 0 Å². The number of rotatable bonds is 13. The van der Waals surface area contributed by atoms with E-state index < -0.39 is 68.2 Å². The smallest absolute Gasteiger partial charge is 0.459 e. The summed E-state index contributed by atoms with van der Waals surface area (Å²) < 4.78 is 70.9. The Labute approximate surface area is 371 Å². The van der Waals surface area contributed by atoms with Crippen molar-refractivity contribution in [3.05, 3.63) is 221 Å². The molecule has 3 aliphatic heterocycles. The Morgan fingerprint density at radius 3 is 1.69 bits per heavy atom. The zero-order valence-corrected chi connectivity index (χ0v) is 34.4. The second-order valence-corrected chi connectivity index (χ2v) is 15.2. The minimum atomic E-state index is -4.18. The molecule has 0 amide bonds. The first-order valence-electron chi connectivity index (χ1n) is 20.8. The molecule has 65 heavy (non-hydrogen) atoms. The predicted molar refractivity (Wildman–Crippen MR) is 233 cm³/mol. The van der Waals surface area contributed by atoms with Gasteiger partial charge in [0.1, 0.15) is 18.9 Å². The highest BCUT2D eigenvalue weighted by Crippen LogP contribution is 2.40. The van der Waals surface area contributed by atoms with Crippen molar-refractivity contribution in [3.8, 4) is 0 Å². The fourth-order valence-corrected chi connectivity index (χ4v) is 8.02. The Kier molecular flexibility index (Phi) is 12.1. The van der Waals surface area contributed by atoms with E-state index in [1.165, 1.54) is 48.8 Å². The summed E-state index contributed by atoms with van der Waals surface area (Å²) in [6.45, 7) is -4.99. The number of nitrogens with zero attached hydrogens (tertiary/aromatic N) is 2. The van der Waals surface area contributed by atoms with Crippen LogP contribution in [0.4, 0.5) is 8.63 Å². The molecule has 9 rings (SSSR count). The molecule has 0 unspecified atom stereocenters. The highest BCUT2D eigenvalue weighted by molar-refractivity contribution is 6.57. The van der Waals surface area contributed by atoms with Crippen LogP contribution in [-0.4, -0.2) is 83.3 Å². The summed E-state index contributed by atoms with van der Waals surface area (Å²) in [5, 5.41) is 0. The summed E-state index contributed by atoms with van der Waals surface area (Å²) in [7, 11) is 0. The van der Waals surface area contributed by atoms with Crippen molar-refractivity contribution in [2.45, 2.75) is 37.3 Å². The van der Waals surface area contributed by atoms with Crippen LogP contribution in [0.5, 0.6) is 0 Å². The molecule has 5 atom stereocenters. The lowest BCUT2D eigenvalue weighted by atomic mass is 9.85. The molecule has 12 nitrogen and oxygen atoms in total. The van der Waals surface area contributed by atoms with Gasteiger partial charge in [0.15, 0.2) is 30.3 Å². The summed E-state index contributed by atoms with van der Waals surface area (Å²) in [6, 6.07) is 42.5. The van der Waals surface area contributed by atoms with E-state index in [4.69, 9.17) is 28.4 Å². The molecule has 6 aromatic rings. The molecule has 0 radical (unpaired) electrons. The molecule has 0 bridgehead atoms. The second kappa shape index (κ2) is 18.5. The Bertz CT molecular complexity index is 2820. The van der Waals surface area contributed by atoms with Gasteiger partial charge in [-0.05, 0) is 78.0 Å². The van der Waals surface area contributed by atoms with Gasteiger partial charge in [0.2, 0.25) is 0 Å². The fraction of sp³-hybridized carbons (Fsp3) is 0.140. The van der Waals surface area contributed by atoms with E-state index in [-0.39, 0.29) is 40.3 Å². The maximum absolute atomic E-state index is 15.8. The quantitative estimate of drug-likeness (QED) is 0.0641. The number of allylic oxidation sites excluding steroid dienone is 2. The Morgan fingerprint density at radius 1 is 0.600 bits per heavy atom. The number of benzene rings is 5. The van der Waals surface area contributed by atoms with Crippen LogP contribution in [0.15, 0.2) is 182 Å². The topological polar surface area (TPSA) is 132 Å². The first-order valence-corrected chi connectivity index (χ1v) is 20.8. The minimum absolute atomic E-state index is 0.129. The largest absolute Gasteiger partial charge is 0.737 e. The van der Waals surface area contributed by atoms with Crippen molar-refractivity contribution in [3.63, 3.8) is 0 Å². The average molecular weight is 877 g/mol. The zero-order valence-electron chi connectivity index (χ0n) is 34.4. The minimum Gasteiger partial charge on any atom is -0.459 e. The number of aromatic nitrogens is 1. The summed E-state index contributed by atoms with van der Waals surface area (Å²) in [4.78, 5) is 55.4. The van der Waals surface area contributed by atoms with Crippen molar-refractivity contribution in [2.75, 3.05) is 6.61 Å². The normalized spacial score (nSPS) is 20.5. The number of carbonyl (C=O) groups is 4. The molecule has 1 aromatic heterocycles. The summed E-state index contributed by atoms with van der Waals surface area (Å²) in [5.41, 5.74) is 2.80. The van der Waals surface area contributed by atoms with Gasteiger partial charge in [-0.15, -0.1) is 0 Å². The molecule has 0 spiro atoms. The van der Waals surface area contributed by atoms with Gasteiger partial charge in [-0.25, -0.2) is 19.2 Å². The van der Waals surface area contributed by atoms with Gasteiger partial charge in [-0.1, -0.05) is 97.1 Å². The van der Waals surface area contributed by atoms with Crippen LogP contribution >= 0.6 is 0 Å². The zero-order chi connectivity index (χ0) is 44.9. The molecule has 326 valence electrons. The van der Waals surface area contributed by atoms with Crippen molar-refractivity contribution < 1.29 is 60.7 Å². The first kappa shape index (κ1) is 42.6. The Balaban J connectivity index is 1.12. The molecule has 0 aliphatic carbocycles. The van der Waals surface area contributed by atoms with E-state index in [1.54, 1.807) is 133 Å². The summed E-state index contributed by atoms with van der Waals surface area (Å²) in [5.74, 6) is -3.28. The van der Waals surface area contributed by atoms with Gasteiger partial charge in [-0.2, -0.15) is 0 Å². The number of hydrogen-bond donors (Lipinski definition) is 0. The maximum Gasteiger partial charge on any atom is 0.737 e. The lowest BCUT2D eigenvalue weighted by Gasteiger charge is -2.44. The van der Waals surface area contributed by atoms with Crippen LogP contribution in [0.1, 0.15) is 58.3 Å². The van der Waals surface area contributed by atoms with E-state index in [2.05, 4.69) is 0 Å². The van der Waals surface area contributed by atoms with E-state index in [0.717, 1.165) is 8.96 Å². The van der Waals surface area contributed by atoms with E-state index in [9.17, 15) is 19.2 Å². The SMILES string of the molecule is O=C(OC[C@H]1O[C@@H](OCc2ccccc2C2=C3C=CC=[N+]3[B-](F)(F)n3cccc32)[C@@H](OC(=O)c2ccccc2)[C@@H](OC(=O)c2ccccc2)[C@@H]1OC(=O)c1ccccc1)c1ccccc1. The van der Waals surface area contributed by atoms with E-state index >= 15 is 8.63 Å². The van der Waals surface area contributed by atoms with Crippen LogP contribution in [0.2, 0.25) is 0 Å². The third kappa shape index (κ3) is 8.79. The summed E-state index contributed by atoms with van der Waals surface area (Å²) in [6.07, 6.45) is -1.97. The van der Waals surface area contributed by atoms with Crippen molar-refractivity contribution in [1.29, 1.82) is 0 Å². The van der Waals surface area contributed by atoms with E-state index in [1.807, 2.05) is 0 Å². The monoisotopic (exact) mass is 876 g/mol. The van der Waals surface area contributed by atoms with E-state index in [0.29, 0.717) is 16.7 Å². The first-order chi connectivity index (χ1) is 31.7. The number of carbonyl (C=O) groups excluding carboxylic acids is 4. The highest BCUT2D eigenvalue weighted by Gasteiger charge is 2.54. The standard InChI is InChI=1S/C50H39BF2N2O10/c52-51(53)54-29-15-27-39(54)42(40-28-16-30-55(40)51)38-26-14-13-25-37(38)31-61-50-45(65-49(59)36-23-11-4-12-24-36)44(64-48(58)35-21-9-3-10-22-35)43(63-47(57)34-19-7-2-8-20-34)41(62-50)32-60-46(56)33-17-5-1-6-18-33/h1-30,41,43-45,50H,31-32H2/t41-,43-,44+,45+,50-/m1/s1. The molecule has 3 aliphatic rings. The van der Waals surface area contributed by atoms with Gasteiger partial charge < -0.3 is 46.0 Å². The molecule has 5 aromatic carbocycles. The van der Waals surface area contributed by atoms with Gasteiger partial charge >= 0.3 is 30.8 Å². The fourth-order valence-electron chi connectivity index (χ4n) is 8.02. The van der Waals surface area contributed by atoms with Crippen LogP contribution in [-0.2, 0) is 35.0 Å². The molecule has 1 saturated heterocycles. The number of halogens is 2. The third-order valence-electron chi connectivity index (χ3n) is 11.2. The average Bonchev–Trinajstić information content (AvgIpc) is 4.06. The van der Waals surface area contributed by atoms with Crippen LogP contribution < -0.4 is 0 Å². The Morgan fingerprint density at radius 2 is 1.11 bits per heavy atom. The summed E-state index contributed by atoms with van der Waals surface area (Å²) >= 11 is 0. The van der Waals surface area contributed by atoms with Crippen LogP contribution in [0.25, 0.3) is 5.57 Å². The number of hydrogen-bond acceptors (Lipinski definition) is 10. The van der Waals surface area contributed by atoms with Crippen LogP contribution in [0, 0.1) is 0 Å². The lowest BCUT2D eigenvalue weighted by molar-refractivity contribution is -0.356. The number of ether oxygens (including phenoxy) is 6. The molecule has 1 fully saturated rings. The molecule has 15 heteroatoms. The Hall–Kier alpha value is -7.75. The second-order valence-electron chi connectivity index (χ2n) is 15.2. The molecule has 0 saturated carbocycles. The number of esters is 4. The molecule has 0 N–H and O–H groups in total. The van der Waals surface area contributed by atoms with Crippen molar-refractivity contribution in [2.24, 2.45) is 0 Å². The van der Waals surface area contributed by atoms with Crippen molar-refractivity contribution >= 4 is 42.6 Å². The van der Waals surface area contributed by atoms with Gasteiger partial charge in [0, 0.05) is 17.8 Å². The number of fused-ring (bicyclic) bond motifs is 2.